The molecule has 0 spiro atoms. The number of halogens is 6. The van der Waals surface area contributed by atoms with Gasteiger partial charge in [0.15, 0.2) is 0 Å². The highest BCUT2D eigenvalue weighted by molar-refractivity contribution is 5.65. The first-order valence-electron chi connectivity index (χ1n) is 9.35. The summed E-state index contributed by atoms with van der Waals surface area (Å²) in [5, 5.41) is 0. The molecule has 0 N–H and O–H groups in total. The van der Waals surface area contributed by atoms with E-state index >= 15 is 0 Å². The van der Waals surface area contributed by atoms with Crippen molar-refractivity contribution in [1.82, 2.24) is 9.80 Å². The minimum absolute atomic E-state index is 0.0761. The third-order valence-electron chi connectivity index (χ3n) is 4.82. The fourth-order valence-corrected chi connectivity index (χ4v) is 2.85. The van der Waals surface area contributed by atoms with Gasteiger partial charge in [-0.25, -0.2) is 4.99 Å². The van der Waals surface area contributed by atoms with Gasteiger partial charge in [-0.1, -0.05) is 13.2 Å². The van der Waals surface area contributed by atoms with Crippen LogP contribution in [0.2, 0.25) is 0 Å². The van der Waals surface area contributed by atoms with E-state index < -0.39 is 29.5 Å². The molecule has 9 heteroatoms. The zero-order valence-electron chi connectivity index (χ0n) is 17.1. The Balaban J connectivity index is 2.45. The van der Waals surface area contributed by atoms with Crippen LogP contribution in [0.3, 0.4) is 0 Å². The molecule has 30 heavy (non-hydrogen) atoms. The molecule has 0 heterocycles. The van der Waals surface area contributed by atoms with E-state index in [4.69, 9.17) is 0 Å². The number of hydrogen-bond donors (Lipinski definition) is 0. The van der Waals surface area contributed by atoms with Crippen LogP contribution in [0.4, 0.5) is 26.3 Å². The van der Waals surface area contributed by atoms with Crippen LogP contribution in [0.15, 0.2) is 42.0 Å². The van der Waals surface area contributed by atoms with Crippen molar-refractivity contribution in [2.45, 2.75) is 38.2 Å². The average Bonchev–Trinajstić information content (AvgIpc) is 3.45. The van der Waals surface area contributed by atoms with Gasteiger partial charge in [0, 0.05) is 26.3 Å². The quantitative estimate of drug-likeness (QED) is 0.289. The molecule has 3 nitrogen and oxygen atoms in total. The first kappa shape index (κ1) is 23.8. The molecule has 0 amide bonds. The third kappa shape index (κ3) is 6.27. The topological polar surface area (TPSA) is 18.8 Å². The molecule has 0 saturated heterocycles. The van der Waals surface area contributed by atoms with Gasteiger partial charge in [-0.2, -0.15) is 26.3 Å². The van der Waals surface area contributed by atoms with Crippen molar-refractivity contribution in [3.8, 4) is 0 Å². The van der Waals surface area contributed by atoms with E-state index in [0.717, 1.165) is 12.8 Å². The molecule has 1 aliphatic carbocycles. The van der Waals surface area contributed by atoms with E-state index in [1.165, 1.54) is 6.34 Å². The second kappa shape index (κ2) is 8.73. The Labute approximate surface area is 172 Å². The molecule has 0 radical (unpaired) electrons. The fraction of sp³-hybridized carbons (Fsp3) is 0.476. The summed E-state index contributed by atoms with van der Waals surface area (Å²) in [5.74, 6) is 0.308. The van der Waals surface area contributed by atoms with Crippen molar-refractivity contribution < 1.29 is 26.3 Å². The van der Waals surface area contributed by atoms with Crippen LogP contribution in [0.5, 0.6) is 0 Å². The van der Waals surface area contributed by atoms with Gasteiger partial charge in [-0.05, 0) is 49.4 Å². The van der Waals surface area contributed by atoms with E-state index in [2.05, 4.69) is 18.2 Å². The van der Waals surface area contributed by atoms with E-state index in [0.29, 0.717) is 30.3 Å². The molecule has 166 valence electrons. The summed E-state index contributed by atoms with van der Waals surface area (Å²) in [6.07, 6.45) is -6.41. The van der Waals surface area contributed by atoms with Crippen molar-refractivity contribution >= 4 is 12.0 Å². The first-order chi connectivity index (χ1) is 13.7. The second-order valence-electron chi connectivity index (χ2n) is 7.71. The van der Waals surface area contributed by atoms with Crippen molar-refractivity contribution in [2.24, 2.45) is 10.9 Å². The van der Waals surface area contributed by atoms with Gasteiger partial charge in [-0.3, -0.25) is 0 Å². The van der Waals surface area contributed by atoms with E-state index in [1.807, 2.05) is 0 Å². The summed E-state index contributed by atoms with van der Waals surface area (Å²) in [6.45, 7) is 9.94. The van der Waals surface area contributed by atoms with Gasteiger partial charge in [0.05, 0.1) is 29.2 Å². The average molecular weight is 433 g/mol. The highest BCUT2D eigenvalue weighted by Gasteiger charge is 2.38. The van der Waals surface area contributed by atoms with Crippen LogP contribution in [0.25, 0.3) is 5.70 Å². The molecular formula is C21H25F6N3. The molecule has 1 aromatic carbocycles. The van der Waals surface area contributed by atoms with E-state index in [9.17, 15) is 26.3 Å². The molecule has 1 aliphatic rings. The first-order valence-corrected chi connectivity index (χ1v) is 9.35. The maximum Gasteiger partial charge on any atom is 0.416 e. The molecule has 0 aliphatic heterocycles. The number of aliphatic imine (C=N–C) groups is 1. The molecular weight excluding hydrogens is 408 g/mol. The predicted molar refractivity (Wildman–Crippen MR) is 106 cm³/mol. The summed E-state index contributed by atoms with van der Waals surface area (Å²) < 4.78 is 79.4. The smallest absolute Gasteiger partial charge is 0.369 e. The molecule has 0 aromatic heterocycles. The summed E-state index contributed by atoms with van der Waals surface area (Å²) in [7, 11) is 3.54. The SMILES string of the molecule is C=C(N=CN(C)C)C(C)N(CC1CC1)C(=C)c1cc(C(F)(F)F)cc(C(F)(F)F)c1. The highest BCUT2D eigenvalue weighted by Crippen LogP contribution is 2.39. The lowest BCUT2D eigenvalue weighted by molar-refractivity contribution is -0.143. The molecule has 1 unspecified atom stereocenters. The Hall–Kier alpha value is -2.45. The monoisotopic (exact) mass is 433 g/mol. The minimum atomic E-state index is -4.91. The Morgan fingerprint density at radius 3 is 1.97 bits per heavy atom. The zero-order chi connectivity index (χ0) is 22.9. The Morgan fingerprint density at radius 1 is 1.07 bits per heavy atom. The van der Waals surface area contributed by atoms with Crippen LogP contribution < -0.4 is 0 Å². The number of benzene rings is 1. The highest BCUT2D eigenvalue weighted by atomic mass is 19.4. The summed E-state index contributed by atoms with van der Waals surface area (Å²) in [4.78, 5) is 7.60. The van der Waals surface area contributed by atoms with Crippen LogP contribution in [0.1, 0.15) is 36.5 Å². The summed E-state index contributed by atoms with van der Waals surface area (Å²) >= 11 is 0. The maximum absolute atomic E-state index is 13.2. The minimum Gasteiger partial charge on any atom is -0.369 e. The van der Waals surface area contributed by atoms with E-state index in [1.54, 1.807) is 30.8 Å². The van der Waals surface area contributed by atoms with Crippen LogP contribution in [-0.2, 0) is 12.4 Å². The zero-order valence-corrected chi connectivity index (χ0v) is 17.1. The number of alkyl halides is 6. The van der Waals surface area contributed by atoms with Crippen molar-refractivity contribution in [2.75, 3.05) is 20.6 Å². The van der Waals surface area contributed by atoms with Crippen molar-refractivity contribution in [3.05, 3.63) is 53.7 Å². The Bertz CT molecular complexity index is 787. The van der Waals surface area contributed by atoms with E-state index in [-0.39, 0.29) is 17.3 Å². The predicted octanol–water partition coefficient (Wildman–Crippen LogP) is 5.90. The standard InChI is InChI=1S/C21H25F6N3/c1-13(28-12-29(4)5)14(2)30(11-16-6-7-16)15(3)17-8-18(20(22,23)24)10-19(9-17)21(25,26)27/h8-10,12,14,16H,1,3,6-7,11H2,2,4-5H3. The van der Waals surface area contributed by atoms with Gasteiger partial charge >= 0.3 is 12.4 Å². The number of hydrogen-bond acceptors (Lipinski definition) is 2. The van der Waals surface area contributed by atoms with Crippen molar-refractivity contribution in [3.63, 3.8) is 0 Å². The van der Waals surface area contributed by atoms with Gasteiger partial charge in [-0.15, -0.1) is 0 Å². The van der Waals surface area contributed by atoms with Gasteiger partial charge < -0.3 is 9.80 Å². The Morgan fingerprint density at radius 2 is 1.57 bits per heavy atom. The normalized spacial score (nSPS) is 15.9. The van der Waals surface area contributed by atoms with Crippen molar-refractivity contribution in [1.29, 1.82) is 0 Å². The Kier molecular flexibility index (Phi) is 6.94. The molecule has 1 saturated carbocycles. The lowest BCUT2D eigenvalue weighted by atomic mass is 10.0. The van der Waals surface area contributed by atoms with Gasteiger partial charge in [0.1, 0.15) is 0 Å². The van der Waals surface area contributed by atoms with Crippen LogP contribution >= 0.6 is 0 Å². The molecule has 2 rings (SSSR count). The van der Waals surface area contributed by atoms with Crippen LogP contribution in [0, 0.1) is 5.92 Å². The third-order valence-corrected chi connectivity index (χ3v) is 4.82. The van der Waals surface area contributed by atoms with Gasteiger partial charge in [0.2, 0.25) is 0 Å². The van der Waals surface area contributed by atoms with Crippen LogP contribution in [-0.4, -0.2) is 42.8 Å². The molecule has 1 fully saturated rings. The molecule has 1 atom stereocenters. The fourth-order valence-electron chi connectivity index (χ4n) is 2.85. The summed E-state index contributed by atoms with van der Waals surface area (Å²) in [6, 6.07) is 1.07. The largest absolute Gasteiger partial charge is 0.416 e. The lowest BCUT2D eigenvalue weighted by Gasteiger charge is -2.33. The molecule has 0 bridgehead atoms. The lowest BCUT2D eigenvalue weighted by Crippen LogP contribution is -2.34. The van der Waals surface area contributed by atoms with Gasteiger partial charge in [0.25, 0.3) is 0 Å². The second-order valence-corrected chi connectivity index (χ2v) is 7.71. The molecule has 1 aromatic rings. The number of nitrogens with zero attached hydrogens (tertiary/aromatic N) is 3. The maximum atomic E-state index is 13.2. The number of rotatable bonds is 8. The summed E-state index contributed by atoms with van der Waals surface area (Å²) in [5.41, 5.74) is -2.45.